The molecule has 0 saturated carbocycles. The molecule has 2 saturated heterocycles. The second-order valence-corrected chi connectivity index (χ2v) is 7.74. The Kier molecular flexibility index (Phi) is 4.24. The Morgan fingerprint density at radius 3 is 2.54 bits per heavy atom. The maximum atomic E-state index is 10.4. The van der Waals surface area contributed by atoms with Gasteiger partial charge in [0.15, 0.2) is 0 Å². The van der Waals surface area contributed by atoms with Crippen LogP contribution in [-0.2, 0) is 0 Å². The molecule has 4 heterocycles. The minimum Gasteiger partial charge on any atom is -0.507 e. The molecule has 28 heavy (non-hydrogen) atoms. The van der Waals surface area contributed by atoms with Gasteiger partial charge in [-0.3, -0.25) is 5.10 Å². The maximum absolute atomic E-state index is 10.4. The van der Waals surface area contributed by atoms with E-state index in [0.717, 1.165) is 24.0 Å². The van der Waals surface area contributed by atoms with Gasteiger partial charge < -0.3 is 14.7 Å². The zero-order valence-corrected chi connectivity index (χ0v) is 15.7. The highest BCUT2D eigenvalue weighted by Crippen LogP contribution is 2.36. The molecule has 2 bridgehead atoms. The van der Waals surface area contributed by atoms with Crippen molar-refractivity contribution < 1.29 is 9.84 Å². The topological polar surface area (TPSA) is 87.2 Å². The lowest BCUT2D eigenvalue weighted by Gasteiger charge is -2.35. The molecule has 2 aliphatic rings. The largest absolute Gasteiger partial charge is 0.507 e. The first kappa shape index (κ1) is 17.2. The number of hydrogen-bond acceptors (Lipinski definition) is 6. The van der Waals surface area contributed by atoms with Gasteiger partial charge in [-0.2, -0.15) is 5.10 Å². The van der Waals surface area contributed by atoms with Crippen molar-refractivity contribution in [2.75, 3.05) is 7.05 Å². The van der Waals surface area contributed by atoms with Gasteiger partial charge in [-0.25, -0.2) is 0 Å². The predicted molar refractivity (Wildman–Crippen MR) is 105 cm³/mol. The molecule has 2 fully saturated rings. The third kappa shape index (κ3) is 3.11. The Labute approximate surface area is 163 Å². The molecule has 2 aliphatic heterocycles. The van der Waals surface area contributed by atoms with Crippen molar-refractivity contribution in [3.8, 4) is 34.0 Å². The second kappa shape index (κ2) is 6.91. The number of aromatic nitrogens is 4. The SMILES string of the molecule is CN1[C@@H]2CC[C@H]1CC(Oc1ccc(-c3ccc(-c4cn[nH]c4)cc3O)nn1)C2. The first-order valence-corrected chi connectivity index (χ1v) is 9.72. The molecular weight excluding hydrogens is 354 g/mol. The Morgan fingerprint density at radius 2 is 1.89 bits per heavy atom. The molecule has 3 aromatic rings. The van der Waals surface area contributed by atoms with Crippen molar-refractivity contribution in [1.82, 2.24) is 25.3 Å². The zero-order chi connectivity index (χ0) is 19.1. The number of benzene rings is 1. The molecule has 0 aliphatic carbocycles. The van der Waals surface area contributed by atoms with E-state index < -0.39 is 0 Å². The van der Waals surface area contributed by atoms with Crippen molar-refractivity contribution in [3.63, 3.8) is 0 Å². The van der Waals surface area contributed by atoms with Crippen molar-refractivity contribution in [3.05, 3.63) is 42.7 Å². The van der Waals surface area contributed by atoms with E-state index in [9.17, 15) is 5.11 Å². The molecular formula is C21H23N5O2. The minimum atomic E-state index is 0.161. The third-order valence-electron chi connectivity index (χ3n) is 6.09. The number of piperidine rings is 1. The van der Waals surface area contributed by atoms with Crippen LogP contribution in [0.4, 0.5) is 0 Å². The Morgan fingerprint density at radius 1 is 1.07 bits per heavy atom. The normalized spacial score (nSPS) is 24.4. The highest BCUT2D eigenvalue weighted by Gasteiger charge is 2.39. The summed E-state index contributed by atoms with van der Waals surface area (Å²) in [5, 5.41) is 25.7. The van der Waals surface area contributed by atoms with Crippen LogP contribution in [0.25, 0.3) is 22.4 Å². The minimum absolute atomic E-state index is 0.161. The number of phenols is 1. The van der Waals surface area contributed by atoms with Crippen LogP contribution in [0.5, 0.6) is 11.6 Å². The summed E-state index contributed by atoms with van der Waals surface area (Å²) in [6, 6.07) is 10.4. The smallest absolute Gasteiger partial charge is 0.233 e. The lowest BCUT2D eigenvalue weighted by atomic mass is 10.0. The van der Waals surface area contributed by atoms with E-state index in [1.165, 1.54) is 12.8 Å². The number of nitrogens with zero attached hydrogens (tertiary/aromatic N) is 4. The number of ether oxygens (including phenoxy) is 1. The number of aromatic amines is 1. The van der Waals surface area contributed by atoms with Gasteiger partial charge >= 0.3 is 0 Å². The van der Waals surface area contributed by atoms with Gasteiger partial charge in [-0.15, -0.1) is 10.2 Å². The Balaban J connectivity index is 1.30. The van der Waals surface area contributed by atoms with Gasteiger partial charge in [0.2, 0.25) is 5.88 Å². The van der Waals surface area contributed by atoms with Crippen LogP contribution in [0.3, 0.4) is 0 Å². The molecule has 2 N–H and O–H groups in total. The number of aromatic hydroxyl groups is 1. The van der Waals surface area contributed by atoms with Crippen molar-refractivity contribution >= 4 is 0 Å². The average molecular weight is 377 g/mol. The van der Waals surface area contributed by atoms with E-state index in [0.29, 0.717) is 29.2 Å². The lowest BCUT2D eigenvalue weighted by molar-refractivity contribution is 0.0626. The third-order valence-corrected chi connectivity index (χ3v) is 6.09. The summed E-state index contributed by atoms with van der Waals surface area (Å²) in [6.45, 7) is 0. The number of nitrogens with one attached hydrogen (secondary N) is 1. The quantitative estimate of drug-likeness (QED) is 0.726. The van der Waals surface area contributed by atoms with Crippen LogP contribution >= 0.6 is 0 Å². The lowest BCUT2D eigenvalue weighted by Crippen LogP contribution is -2.43. The van der Waals surface area contributed by atoms with Gasteiger partial charge in [0, 0.05) is 35.5 Å². The van der Waals surface area contributed by atoms with E-state index >= 15 is 0 Å². The zero-order valence-electron chi connectivity index (χ0n) is 15.7. The summed E-state index contributed by atoms with van der Waals surface area (Å²) >= 11 is 0. The fraction of sp³-hybridized carbons (Fsp3) is 0.381. The first-order chi connectivity index (χ1) is 13.7. The molecule has 0 spiro atoms. The fourth-order valence-corrected chi connectivity index (χ4v) is 4.49. The first-order valence-electron chi connectivity index (χ1n) is 9.72. The van der Waals surface area contributed by atoms with E-state index in [-0.39, 0.29) is 11.9 Å². The number of rotatable bonds is 4. The van der Waals surface area contributed by atoms with E-state index in [1.807, 2.05) is 24.3 Å². The molecule has 1 unspecified atom stereocenters. The molecule has 0 amide bonds. The number of phenolic OH excluding ortho intramolecular Hbond substituents is 1. The van der Waals surface area contributed by atoms with E-state index in [1.54, 1.807) is 18.5 Å². The van der Waals surface area contributed by atoms with Crippen molar-refractivity contribution in [1.29, 1.82) is 0 Å². The van der Waals surface area contributed by atoms with Gasteiger partial charge in [0.1, 0.15) is 11.9 Å². The van der Waals surface area contributed by atoms with Crippen LogP contribution in [0.2, 0.25) is 0 Å². The van der Waals surface area contributed by atoms with E-state index in [2.05, 4.69) is 32.3 Å². The monoisotopic (exact) mass is 377 g/mol. The molecule has 5 rings (SSSR count). The maximum Gasteiger partial charge on any atom is 0.233 e. The molecule has 0 radical (unpaired) electrons. The summed E-state index contributed by atoms with van der Waals surface area (Å²) in [5.41, 5.74) is 3.07. The number of fused-ring (bicyclic) bond motifs is 2. The molecule has 3 atom stereocenters. The van der Waals surface area contributed by atoms with Crippen LogP contribution in [0.15, 0.2) is 42.7 Å². The van der Waals surface area contributed by atoms with E-state index in [4.69, 9.17) is 4.74 Å². The summed E-state index contributed by atoms with van der Waals surface area (Å²) in [7, 11) is 2.22. The van der Waals surface area contributed by atoms with Gasteiger partial charge in [-0.05, 0) is 56.5 Å². The molecule has 7 heteroatoms. The highest BCUT2D eigenvalue weighted by atomic mass is 16.5. The molecule has 2 aromatic heterocycles. The van der Waals surface area contributed by atoms with Gasteiger partial charge in [0.05, 0.1) is 11.9 Å². The van der Waals surface area contributed by atoms with Crippen LogP contribution in [0.1, 0.15) is 25.7 Å². The molecule has 7 nitrogen and oxygen atoms in total. The predicted octanol–water partition coefficient (Wildman–Crippen LogP) is 3.24. The van der Waals surface area contributed by atoms with Crippen molar-refractivity contribution in [2.45, 2.75) is 43.9 Å². The number of H-pyrrole nitrogens is 1. The molecule has 1 aromatic carbocycles. The summed E-state index contributed by atoms with van der Waals surface area (Å²) < 4.78 is 6.10. The van der Waals surface area contributed by atoms with Crippen molar-refractivity contribution in [2.24, 2.45) is 0 Å². The number of hydrogen-bond donors (Lipinski definition) is 2. The summed E-state index contributed by atoms with van der Waals surface area (Å²) in [6.07, 6.45) is 8.33. The van der Waals surface area contributed by atoms with Gasteiger partial charge in [0.25, 0.3) is 0 Å². The highest BCUT2D eigenvalue weighted by molar-refractivity contribution is 5.73. The standard InChI is InChI=1S/C21H23N5O2/c1-26-15-3-4-16(26)10-17(9-15)28-21-7-6-19(24-25-21)18-5-2-13(8-20(18)27)14-11-22-23-12-14/h2,5-8,11-12,15-17,27H,3-4,9-10H2,1H3,(H,22,23)/t15-,16+,17?. The fourth-order valence-electron chi connectivity index (χ4n) is 4.49. The second-order valence-electron chi connectivity index (χ2n) is 7.74. The average Bonchev–Trinajstić information content (AvgIpc) is 3.29. The van der Waals surface area contributed by atoms with Crippen LogP contribution in [0, 0.1) is 0 Å². The Bertz CT molecular complexity index is 943. The summed E-state index contributed by atoms with van der Waals surface area (Å²) in [5.74, 6) is 0.709. The Hall–Kier alpha value is -2.93. The summed E-state index contributed by atoms with van der Waals surface area (Å²) in [4.78, 5) is 2.49. The molecule has 144 valence electrons. The van der Waals surface area contributed by atoms with Crippen LogP contribution < -0.4 is 4.74 Å². The van der Waals surface area contributed by atoms with Gasteiger partial charge in [-0.1, -0.05) is 6.07 Å². The van der Waals surface area contributed by atoms with Crippen LogP contribution in [-0.4, -0.2) is 55.6 Å².